The van der Waals surface area contributed by atoms with Gasteiger partial charge in [0.05, 0.1) is 16.8 Å². The highest BCUT2D eigenvalue weighted by atomic mass is 35.5. The number of alkyl halides is 1. The molecule has 174 valence electrons. The van der Waals surface area contributed by atoms with E-state index in [2.05, 4.69) is 20.6 Å². The Morgan fingerprint density at radius 3 is 2.39 bits per heavy atom. The summed E-state index contributed by atoms with van der Waals surface area (Å²) in [5.74, 6) is 0.917. The summed E-state index contributed by atoms with van der Waals surface area (Å²) in [7, 11) is 0. The number of nitrogens with zero attached hydrogens (tertiary/aromatic N) is 2. The molecule has 1 aromatic carbocycles. The van der Waals surface area contributed by atoms with Crippen LogP contribution < -0.4 is 10.6 Å². The molecule has 0 bridgehead atoms. The molecule has 0 saturated carbocycles. The molecule has 0 saturated heterocycles. The quantitative estimate of drug-likeness (QED) is 0.266. The van der Waals surface area contributed by atoms with Crippen molar-refractivity contribution in [2.75, 3.05) is 5.75 Å². The Labute approximate surface area is 200 Å². The Kier molecular flexibility index (Phi) is 13.8. The van der Waals surface area contributed by atoms with Crippen LogP contribution in [0.3, 0.4) is 0 Å². The Morgan fingerprint density at radius 2 is 1.87 bits per heavy atom. The van der Waals surface area contributed by atoms with Gasteiger partial charge in [-0.1, -0.05) is 43.1 Å². The molecule has 9 heteroatoms. The van der Waals surface area contributed by atoms with Crippen LogP contribution in [-0.4, -0.2) is 35.2 Å². The number of aliphatic imine (C=N–C) groups is 2. The van der Waals surface area contributed by atoms with Crippen molar-refractivity contribution in [1.29, 1.82) is 0 Å². The zero-order valence-electron chi connectivity index (χ0n) is 19.4. The minimum Gasteiger partial charge on any atom is -0.325 e. The number of rotatable bonds is 6. The minimum absolute atomic E-state index is 0.174. The number of amidine groups is 1. The van der Waals surface area contributed by atoms with Gasteiger partial charge in [-0.2, -0.15) is 0 Å². The van der Waals surface area contributed by atoms with Gasteiger partial charge >= 0.3 is 0 Å². The first-order valence-electron chi connectivity index (χ1n) is 10.0. The molecule has 0 heterocycles. The zero-order chi connectivity index (χ0) is 24.2. The zero-order valence-corrected chi connectivity index (χ0v) is 21.8. The molecule has 1 unspecified atom stereocenters. The number of carbonyl (C=O) groups is 1. The summed E-state index contributed by atoms with van der Waals surface area (Å²) in [5.41, 5.74) is -1.27. The van der Waals surface area contributed by atoms with Crippen molar-refractivity contribution in [3.63, 3.8) is 0 Å². The van der Waals surface area contributed by atoms with Crippen molar-refractivity contribution >= 4 is 52.7 Å². The van der Waals surface area contributed by atoms with Crippen LogP contribution in [0.1, 0.15) is 55.4 Å². The molecule has 0 aliphatic rings. The molecule has 1 atom stereocenters. The van der Waals surface area contributed by atoms with Crippen molar-refractivity contribution < 1.29 is 9.18 Å². The number of thioether (sulfide) groups is 1. The van der Waals surface area contributed by atoms with E-state index in [1.54, 1.807) is 38.1 Å². The van der Waals surface area contributed by atoms with Gasteiger partial charge in [0.2, 0.25) is 11.9 Å². The molecule has 0 fully saturated rings. The van der Waals surface area contributed by atoms with E-state index in [9.17, 15) is 9.18 Å². The fraction of sp³-hybridized carbons (Fsp3) is 0.500. The van der Waals surface area contributed by atoms with Crippen LogP contribution in [0.4, 0.5) is 4.39 Å². The first-order valence-corrected chi connectivity index (χ1v) is 11.8. The number of amides is 1. The first-order chi connectivity index (χ1) is 14.4. The number of guanidine groups is 1. The Balaban J connectivity index is 0.00000436. The Hall–Kier alpha value is -1.57. The molecule has 0 aliphatic carbocycles. The maximum atomic E-state index is 14.4. The van der Waals surface area contributed by atoms with Gasteiger partial charge in [-0.05, 0) is 52.8 Å². The molecule has 2 N–H and O–H groups in total. The van der Waals surface area contributed by atoms with E-state index >= 15 is 0 Å². The lowest BCUT2D eigenvalue weighted by Gasteiger charge is -2.21. The van der Waals surface area contributed by atoms with E-state index in [0.29, 0.717) is 27.3 Å². The number of nitrogens with one attached hydrogen (secondary N) is 2. The lowest BCUT2D eigenvalue weighted by molar-refractivity contribution is -0.117. The van der Waals surface area contributed by atoms with Crippen LogP contribution in [0.15, 0.2) is 44.9 Å². The molecule has 1 aromatic rings. The number of halogens is 3. The molecule has 5 nitrogen and oxygen atoms in total. The fourth-order valence-electron chi connectivity index (χ4n) is 2.26. The van der Waals surface area contributed by atoms with Gasteiger partial charge in [0.15, 0.2) is 0 Å². The van der Waals surface area contributed by atoms with E-state index in [1.165, 1.54) is 32.5 Å². The highest BCUT2D eigenvalue weighted by Gasteiger charge is 2.23. The standard InChI is InChI=1S/C20H27Cl2FN4OS.C2H6/c1-7-18(20(5,6)23)27-19(26-13(3)25-14(4)28)24-12(2)11-29-17-10-15(21)8-9-16(17)22;1-2/h7-10,12H,11H2,1-6H3,(H2,24,25,26,27,28);1-2H3/b18-7-;. The lowest BCUT2D eigenvalue weighted by atomic mass is 10.1. The number of hydrogen-bond donors (Lipinski definition) is 2. The van der Waals surface area contributed by atoms with E-state index in [4.69, 9.17) is 23.2 Å². The van der Waals surface area contributed by atoms with Crippen LogP contribution in [-0.2, 0) is 4.79 Å². The van der Waals surface area contributed by atoms with E-state index in [-0.39, 0.29) is 17.9 Å². The third-order valence-electron chi connectivity index (χ3n) is 3.52. The van der Waals surface area contributed by atoms with Crippen molar-refractivity contribution in [2.24, 2.45) is 9.98 Å². The highest BCUT2D eigenvalue weighted by molar-refractivity contribution is 7.99. The first kappa shape index (κ1) is 29.4. The summed E-state index contributed by atoms with van der Waals surface area (Å²) in [5, 5.41) is 6.75. The average molecular weight is 492 g/mol. The second-order valence-electron chi connectivity index (χ2n) is 6.87. The number of benzene rings is 1. The van der Waals surface area contributed by atoms with Gasteiger partial charge in [-0.15, -0.1) is 11.8 Å². The lowest BCUT2D eigenvalue weighted by Crippen LogP contribution is -2.35. The van der Waals surface area contributed by atoms with E-state index < -0.39 is 5.67 Å². The van der Waals surface area contributed by atoms with E-state index in [1.807, 2.05) is 20.8 Å². The number of allylic oxidation sites excluding steroid dienone is 2. The normalized spacial score (nSPS) is 13.8. The summed E-state index contributed by atoms with van der Waals surface area (Å²) < 4.78 is 14.4. The maximum absolute atomic E-state index is 14.4. The van der Waals surface area contributed by atoms with Gasteiger partial charge < -0.3 is 10.6 Å². The van der Waals surface area contributed by atoms with Gasteiger partial charge in [-0.3, -0.25) is 4.79 Å². The summed E-state index contributed by atoms with van der Waals surface area (Å²) in [6.45, 7) is 13.5. The largest absolute Gasteiger partial charge is 0.325 e. The molecular formula is C22H33Cl2FN4OS. The summed E-state index contributed by atoms with van der Waals surface area (Å²) in [6, 6.07) is 5.10. The molecule has 0 spiro atoms. The fourth-order valence-corrected chi connectivity index (χ4v) is 3.69. The van der Waals surface area contributed by atoms with Gasteiger partial charge in [-0.25, -0.2) is 14.4 Å². The molecule has 1 amide bonds. The smallest absolute Gasteiger partial charge is 0.224 e. The predicted molar refractivity (Wildman–Crippen MR) is 134 cm³/mol. The van der Waals surface area contributed by atoms with Crippen LogP contribution in [0.5, 0.6) is 0 Å². The molecule has 1 rings (SSSR count). The van der Waals surface area contributed by atoms with Crippen LogP contribution in [0.2, 0.25) is 10.0 Å². The maximum Gasteiger partial charge on any atom is 0.224 e. The molecule has 0 aliphatic heterocycles. The van der Waals surface area contributed by atoms with Gasteiger partial charge in [0.1, 0.15) is 11.5 Å². The van der Waals surface area contributed by atoms with Crippen LogP contribution >= 0.6 is 35.0 Å². The third-order valence-corrected chi connectivity index (χ3v) is 5.50. The number of carbonyl (C=O) groups excluding carboxylic acids is 1. The molecular weight excluding hydrogens is 458 g/mol. The van der Waals surface area contributed by atoms with Crippen molar-refractivity contribution in [1.82, 2.24) is 10.6 Å². The van der Waals surface area contributed by atoms with Gasteiger partial charge in [0.25, 0.3) is 0 Å². The molecule has 0 radical (unpaired) electrons. The second kappa shape index (κ2) is 14.5. The van der Waals surface area contributed by atoms with Crippen LogP contribution in [0.25, 0.3) is 0 Å². The van der Waals surface area contributed by atoms with E-state index in [0.717, 1.165) is 4.90 Å². The summed E-state index contributed by atoms with van der Waals surface area (Å²) in [4.78, 5) is 21.0. The topological polar surface area (TPSA) is 65.8 Å². The Morgan fingerprint density at radius 1 is 1.26 bits per heavy atom. The van der Waals surface area contributed by atoms with Crippen LogP contribution in [0, 0.1) is 0 Å². The van der Waals surface area contributed by atoms with Crippen molar-refractivity contribution in [2.45, 2.75) is 72.0 Å². The second-order valence-corrected chi connectivity index (χ2v) is 8.77. The molecule has 0 aromatic heterocycles. The molecule has 31 heavy (non-hydrogen) atoms. The average Bonchev–Trinajstić information content (AvgIpc) is 2.66. The minimum atomic E-state index is -1.60. The predicted octanol–water partition coefficient (Wildman–Crippen LogP) is 6.65. The van der Waals surface area contributed by atoms with Crippen molar-refractivity contribution in [3.8, 4) is 0 Å². The third kappa shape index (κ3) is 12.1. The SMILES string of the molecule is C/C=C(\NC(=NC(C)CSc1cc(Cl)ccc1Cl)/N=C(\C)NC(C)=O)C(C)(C)F.CC. The summed E-state index contributed by atoms with van der Waals surface area (Å²) >= 11 is 13.7. The van der Waals surface area contributed by atoms with Crippen molar-refractivity contribution in [3.05, 3.63) is 40.0 Å². The van der Waals surface area contributed by atoms with Gasteiger partial charge in [0, 0.05) is 22.6 Å². The Bertz CT molecular complexity index is 820. The monoisotopic (exact) mass is 490 g/mol. The number of hydrogen-bond acceptors (Lipinski definition) is 3. The summed E-state index contributed by atoms with van der Waals surface area (Å²) in [6.07, 6.45) is 1.63. The highest BCUT2D eigenvalue weighted by Crippen LogP contribution is 2.30.